The van der Waals surface area contributed by atoms with Gasteiger partial charge in [-0.05, 0) is 18.8 Å². The van der Waals surface area contributed by atoms with Gasteiger partial charge in [-0.1, -0.05) is 0 Å². The zero-order valence-corrected chi connectivity index (χ0v) is 17.7. The summed E-state index contributed by atoms with van der Waals surface area (Å²) in [5.74, 6) is 0. The van der Waals surface area contributed by atoms with Gasteiger partial charge < -0.3 is 27.7 Å². The van der Waals surface area contributed by atoms with Crippen LogP contribution in [0.5, 0.6) is 0 Å². The molecule has 0 aliphatic rings. The number of hydrogen-bond donors (Lipinski definition) is 0. The molecular weight excluding hydrogens is 406 g/mol. The van der Waals surface area contributed by atoms with Gasteiger partial charge in [-0.3, -0.25) is 5.70 Å². The van der Waals surface area contributed by atoms with E-state index in [1.54, 1.807) is 17.8 Å². The van der Waals surface area contributed by atoms with E-state index in [1.165, 1.54) is 10.9 Å². The van der Waals surface area contributed by atoms with E-state index in [-0.39, 0.29) is 65.4 Å². The Balaban J connectivity index is 0. The molecule has 20 heavy (non-hydrogen) atoms. The third kappa shape index (κ3) is 8.30. The summed E-state index contributed by atoms with van der Waals surface area (Å²) in [5, 5.41) is 14.7. The molecule has 2 radical (unpaired) electrons. The fraction of sp³-hybridized carbons (Fsp3) is 0.333. The molecule has 0 saturated heterocycles. The Bertz CT molecular complexity index is 516. The molecule has 0 saturated carbocycles. The van der Waals surface area contributed by atoms with Crippen LogP contribution in [0.4, 0.5) is 0 Å². The Labute approximate surface area is 169 Å². The summed E-state index contributed by atoms with van der Waals surface area (Å²) >= 11 is 0. The van der Waals surface area contributed by atoms with Crippen molar-refractivity contribution in [2.24, 2.45) is 0 Å². The monoisotopic (exact) mass is 420 g/mol. The summed E-state index contributed by atoms with van der Waals surface area (Å²) in [6, 6.07) is 0. The van der Waals surface area contributed by atoms with Crippen LogP contribution in [0, 0.1) is 31.5 Å². The van der Waals surface area contributed by atoms with Crippen molar-refractivity contribution >= 4 is 11.9 Å². The van der Waals surface area contributed by atoms with E-state index < -0.39 is 0 Å². The van der Waals surface area contributed by atoms with Crippen molar-refractivity contribution in [3.8, 4) is 0 Å². The van der Waals surface area contributed by atoms with E-state index in [2.05, 4.69) is 45.2 Å². The second-order valence-corrected chi connectivity index (χ2v) is 3.26. The first-order chi connectivity index (χ1) is 8.67. The van der Waals surface area contributed by atoms with Crippen molar-refractivity contribution in [1.29, 1.82) is 0 Å². The molecule has 102 valence electrons. The zero-order chi connectivity index (χ0) is 13.4. The number of aromatic nitrogens is 6. The minimum atomic E-state index is 0. The van der Waals surface area contributed by atoms with Crippen molar-refractivity contribution < 1.29 is 65.4 Å². The molecule has 6 nitrogen and oxygen atoms in total. The van der Waals surface area contributed by atoms with Crippen LogP contribution in [0.15, 0.2) is 6.20 Å². The summed E-state index contributed by atoms with van der Waals surface area (Å²) in [7, 11) is 0. The van der Waals surface area contributed by atoms with Crippen molar-refractivity contribution in [2.45, 2.75) is 27.7 Å². The SMILES string of the molecule is C[C-]=C(C)n1[c-]cnn1.C[C-]=Cn1[c-]c(C)nn1.[Y].[Y]. The Morgan fingerprint density at radius 2 is 2.00 bits per heavy atom. The molecule has 2 rings (SSSR count). The maximum atomic E-state index is 3.72. The van der Waals surface area contributed by atoms with Crippen LogP contribution in [0.3, 0.4) is 0 Å². The molecule has 2 aromatic heterocycles. The minimum Gasteiger partial charge on any atom is -0.586 e. The smallest absolute Gasteiger partial charge is 0 e. The van der Waals surface area contributed by atoms with E-state index >= 15 is 0 Å². The van der Waals surface area contributed by atoms with Gasteiger partial charge in [0, 0.05) is 65.4 Å². The first kappa shape index (κ1) is 22.3. The molecule has 0 aromatic carbocycles. The Morgan fingerprint density at radius 3 is 2.40 bits per heavy atom. The van der Waals surface area contributed by atoms with E-state index in [9.17, 15) is 0 Å². The number of aryl methyl sites for hydroxylation is 1. The van der Waals surface area contributed by atoms with Gasteiger partial charge in [-0.25, -0.2) is 13.8 Å². The van der Waals surface area contributed by atoms with Gasteiger partial charge in [-0.15, -0.1) is 29.7 Å². The van der Waals surface area contributed by atoms with Crippen LogP contribution in [0.2, 0.25) is 0 Å². The molecule has 2 heterocycles. The molecule has 0 spiro atoms. The van der Waals surface area contributed by atoms with E-state index in [1.807, 2.05) is 20.8 Å². The first-order valence-corrected chi connectivity index (χ1v) is 5.29. The van der Waals surface area contributed by atoms with Gasteiger partial charge in [0.15, 0.2) is 0 Å². The summed E-state index contributed by atoms with van der Waals surface area (Å²) in [5.41, 5.74) is 1.70. The van der Waals surface area contributed by atoms with Gasteiger partial charge in [-0.2, -0.15) is 10.2 Å². The van der Waals surface area contributed by atoms with Crippen LogP contribution < -0.4 is 0 Å². The number of nitrogens with zero attached hydrogens (tertiary/aromatic N) is 6. The normalized spacial score (nSPS) is 10.3. The fourth-order valence-corrected chi connectivity index (χ4v) is 0.960. The standard InChI is InChI=1S/2C6H7N3.2Y/c1-3-6(2)9-5-4-7-8-9;1-3-4-9-5-6(2)7-8-9;;/h2*4H,1-2H3;;/q2*-2;;. The molecule has 0 N–H and O–H groups in total. The Kier molecular flexibility index (Phi) is 14.1. The van der Waals surface area contributed by atoms with Crippen molar-refractivity contribution in [1.82, 2.24) is 30.0 Å². The van der Waals surface area contributed by atoms with E-state index in [0.717, 1.165) is 11.4 Å². The van der Waals surface area contributed by atoms with Crippen LogP contribution in [0.1, 0.15) is 26.5 Å². The topological polar surface area (TPSA) is 61.4 Å². The Morgan fingerprint density at radius 1 is 1.30 bits per heavy atom. The van der Waals surface area contributed by atoms with Crippen molar-refractivity contribution in [3.05, 3.63) is 36.4 Å². The third-order valence-electron chi connectivity index (χ3n) is 1.88. The maximum Gasteiger partial charge on any atom is 0 e. The van der Waals surface area contributed by atoms with Crippen LogP contribution in [-0.2, 0) is 65.4 Å². The third-order valence-corrected chi connectivity index (χ3v) is 1.88. The second-order valence-electron chi connectivity index (χ2n) is 3.26. The van der Waals surface area contributed by atoms with Gasteiger partial charge in [0.2, 0.25) is 0 Å². The second kappa shape index (κ2) is 12.7. The molecule has 0 bridgehead atoms. The quantitative estimate of drug-likeness (QED) is 0.691. The maximum absolute atomic E-state index is 3.72. The molecule has 0 aliphatic carbocycles. The predicted molar refractivity (Wildman–Crippen MR) is 66.4 cm³/mol. The fourth-order valence-electron chi connectivity index (χ4n) is 0.960. The van der Waals surface area contributed by atoms with Crippen LogP contribution in [-0.4, -0.2) is 30.0 Å². The molecule has 0 atom stereocenters. The van der Waals surface area contributed by atoms with Crippen molar-refractivity contribution in [2.75, 3.05) is 0 Å². The predicted octanol–water partition coefficient (Wildman–Crippen LogP) is 1.44. The van der Waals surface area contributed by atoms with Crippen LogP contribution >= 0.6 is 0 Å². The van der Waals surface area contributed by atoms with Gasteiger partial charge in [0.1, 0.15) is 0 Å². The number of allylic oxidation sites excluding steroid dienone is 3. The van der Waals surface area contributed by atoms with E-state index in [0.29, 0.717) is 0 Å². The zero-order valence-electron chi connectivity index (χ0n) is 12.0. The van der Waals surface area contributed by atoms with Gasteiger partial charge in [0.25, 0.3) is 0 Å². The van der Waals surface area contributed by atoms with E-state index in [4.69, 9.17) is 0 Å². The number of hydrogen-bond acceptors (Lipinski definition) is 4. The molecule has 8 heteroatoms. The minimum absolute atomic E-state index is 0. The largest absolute Gasteiger partial charge is 0.586 e. The Hall–Kier alpha value is -0.0322. The summed E-state index contributed by atoms with van der Waals surface area (Å²) in [4.78, 5) is 0. The van der Waals surface area contributed by atoms with Gasteiger partial charge >= 0.3 is 0 Å². The number of rotatable bonds is 2. The van der Waals surface area contributed by atoms with Crippen LogP contribution in [0.25, 0.3) is 11.9 Å². The average molecular weight is 420 g/mol. The molecule has 2 aromatic rings. The summed E-state index contributed by atoms with van der Waals surface area (Å²) in [6.45, 7) is 7.36. The van der Waals surface area contributed by atoms with Gasteiger partial charge in [0.05, 0.1) is 0 Å². The molecule has 0 unspecified atom stereocenters. The molecule has 0 aliphatic heterocycles. The first-order valence-electron chi connectivity index (χ1n) is 5.29. The summed E-state index contributed by atoms with van der Waals surface area (Å²) in [6.07, 6.45) is 14.5. The molecule has 0 fully saturated rings. The molecule has 0 amide bonds. The average Bonchev–Trinajstić information content (AvgIpc) is 3.01. The summed E-state index contributed by atoms with van der Waals surface area (Å²) < 4.78 is 3.04. The molecular formula is C12H14N6Y2-4. The van der Waals surface area contributed by atoms with Crippen molar-refractivity contribution in [3.63, 3.8) is 0 Å².